The number of anilines is 2. The van der Waals surface area contributed by atoms with E-state index in [1.165, 1.54) is 19.3 Å². The topological polar surface area (TPSA) is 54.5 Å². The number of hydrogen-bond donors (Lipinski definition) is 1. The molecule has 23 heavy (non-hydrogen) atoms. The molecule has 0 spiro atoms. The van der Waals surface area contributed by atoms with Crippen molar-refractivity contribution in [2.45, 2.75) is 19.3 Å². The van der Waals surface area contributed by atoms with Crippen molar-refractivity contribution in [3.05, 3.63) is 48.3 Å². The predicted molar refractivity (Wildman–Crippen MR) is 91.2 cm³/mol. The minimum atomic E-state index is -0.151. The number of methoxy groups -OCH3 is 1. The van der Waals surface area contributed by atoms with Crippen LogP contribution in [0.25, 0.3) is 0 Å². The van der Waals surface area contributed by atoms with Crippen LogP contribution >= 0.6 is 0 Å². The zero-order valence-electron chi connectivity index (χ0n) is 13.3. The van der Waals surface area contributed by atoms with Crippen molar-refractivity contribution in [1.29, 1.82) is 0 Å². The number of benzene rings is 1. The maximum absolute atomic E-state index is 12.4. The Bertz CT molecular complexity index is 664. The van der Waals surface area contributed by atoms with Gasteiger partial charge in [0.05, 0.1) is 24.6 Å². The Morgan fingerprint density at radius 3 is 2.57 bits per heavy atom. The lowest BCUT2D eigenvalue weighted by Crippen LogP contribution is -2.29. The number of carbonyl (C=O) groups excluding carboxylic acids is 1. The summed E-state index contributed by atoms with van der Waals surface area (Å²) in [5.41, 5.74) is 2.33. The Balaban J connectivity index is 1.71. The molecule has 1 N–H and O–H groups in total. The second-order valence-corrected chi connectivity index (χ2v) is 5.66. The first kappa shape index (κ1) is 15.3. The normalized spacial score (nSPS) is 14.4. The van der Waals surface area contributed by atoms with Crippen LogP contribution in [0.3, 0.4) is 0 Å². The zero-order chi connectivity index (χ0) is 16.1. The zero-order valence-corrected chi connectivity index (χ0v) is 13.3. The molecule has 5 nitrogen and oxygen atoms in total. The van der Waals surface area contributed by atoms with Gasteiger partial charge in [-0.3, -0.25) is 9.78 Å². The summed E-state index contributed by atoms with van der Waals surface area (Å²) >= 11 is 0. The standard InChI is InChI=1S/C18H21N3O2/c1-23-17-7-5-15(6-8-17)20-18(22)14-11-16(13-19-12-14)21-9-3-2-4-10-21/h5-8,11-13H,2-4,9-10H2,1H3,(H,20,22). The van der Waals surface area contributed by atoms with Crippen LogP contribution in [0, 0.1) is 0 Å². The summed E-state index contributed by atoms with van der Waals surface area (Å²) in [4.78, 5) is 18.9. The van der Waals surface area contributed by atoms with E-state index in [0.717, 1.165) is 30.2 Å². The molecule has 1 aliphatic rings. The van der Waals surface area contributed by atoms with Gasteiger partial charge in [0.25, 0.3) is 5.91 Å². The lowest BCUT2D eigenvalue weighted by Gasteiger charge is -2.28. The van der Waals surface area contributed by atoms with E-state index in [9.17, 15) is 4.79 Å². The first-order chi connectivity index (χ1) is 11.3. The monoisotopic (exact) mass is 311 g/mol. The minimum absolute atomic E-state index is 0.151. The molecule has 3 rings (SSSR count). The van der Waals surface area contributed by atoms with Gasteiger partial charge in [-0.2, -0.15) is 0 Å². The highest BCUT2D eigenvalue weighted by molar-refractivity contribution is 6.04. The van der Waals surface area contributed by atoms with Crippen molar-refractivity contribution < 1.29 is 9.53 Å². The van der Waals surface area contributed by atoms with Crippen molar-refractivity contribution in [1.82, 2.24) is 4.98 Å². The van der Waals surface area contributed by atoms with Crippen molar-refractivity contribution in [2.24, 2.45) is 0 Å². The fourth-order valence-electron chi connectivity index (χ4n) is 2.75. The molecule has 0 unspecified atom stereocenters. The Kier molecular flexibility index (Phi) is 4.76. The molecule has 0 bridgehead atoms. The molecule has 0 radical (unpaired) electrons. The van der Waals surface area contributed by atoms with E-state index in [1.54, 1.807) is 13.3 Å². The Morgan fingerprint density at radius 1 is 1.13 bits per heavy atom. The molecule has 1 aromatic heterocycles. The third-order valence-electron chi connectivity index (χ3n) is 4.06. The van der Waals surface area contributed by atoms with E-state index in [2.05, 4.69) is 15.2 Å². The number of rotatable bonds is 4. The highest BCUT2D eigenvalue weighted by Crippen LogP contribution is 2.21. The predicted octanol–water partition coefficient (Wildman–Crippen LogP) is 3.33. The SMILES string of the molecule is COc1ccc(NC(=O)c2cncc(N3CCCCC3)c2)cc1. The Morgan fingerprint density at radius 2 is 1.87 bits per heavy atom. The number of aromatic nitrogens is 1. The number of ether oxygens (including phenoxy) is 1. The molecular formula is C18H21N3O2. The first-order valence-corrected chi connectivity index (χ1v) is 7.92. The van der Waals surface area contributed by atoms with Gasteiger partial charge in [-0.05, 0) is 49.6 Å². The summed E-state index contributed by atoms with van der Waals surface area (Å²) in [5, 5.41) is 2.89. The average molecular weight is 311 g/mol. The molecule has 1 fully saturated rings. The summed E-state index contributed by atoms with van der Waals surface area (Å²) in [6.07, 6.45) is 7.11. The molecule has 0 aliphatic carbocycles. The van der Waals surface area contributed by atoms with E-state index in [4.69, 9.17) is 4.74 Å². The van der Waals surface area contributed by atoms with Gasteiger partial charge in [0, 0.05) is 25.0 Å². The number of pyridine rings is 1. The molecule has 0 saturated carbocycles. The lowest BCUT2D eigenvalue weighted by atomic mass is 10.1. The third-order valence-corrected chi connectivity index (χ3v) is 4.06. The number of nitrogens with one attached hydrogen (secondary N) is 1. The van der Waals surface area contributed by atoms with Crippen LogP contribution < -0.4 is 15.0 Å². The molecule has 2 aromatic rings. The van der Waals surface area contributed by atoms with Crippen molar-refractivity contribution in [2.75, 3.05) is 30.4 Å². The van der Waals surface area contributed by atoms with E-state index >= 15 is 0 Å². The maximum Gasteiger partial charge on any atom is 0.257 e. The van der Waals surface area contributed by atoms with Crippen LogP contribution in [0.1, 0.15) is 29.6 Å². The quantitative estimate of drug-likeness (QED) is 0.941. The van der Waals surface area contributed by atoms with Crippen molar-refractivity contribution in [3.63, 3.8) is 0 Å². The van der Waals surface area contributed by atoms with Gasteiger partial charge in [-0.15, -0.1) is 0 Å². The van der Waals surface area contributed by atoms with E-state index < -0.39 is 0 Å². The maximum atomic E-state index is 12.4. The third kappa shape index (κ3) is 3.80. The highest BCUT2D eigenvalue weighted by atomic mass is 16.5. The van der Waals surface area contributed by atoms with Gasteiger partial charge in [0.15, 0.2) is 0 Å². The fraction of sp³-hybridized carbons (Fsp3) is 0.333. The van der Waals surface area contributed by atoms with Gasteiger partial charge in [-0.1, -0.05) is 0 Å². The Hall–Kier alpha value is -2.56. The molecule has 1 aromatic carbocycles. The van der Waals surface area contributed by atoms with Gasteiger partial charge in [0.1, 0.15) is 5.75 Å². The smallest absolute Gasteiger partial charge is 0.257 e. The van der Waals surface area contributed by atoms with Crippen LogP contribution in [0.4, 0.5) is 11.4 Å². The molecule has 1 amide bonds. The second kappa shape index (κ2) is 7.13. The number of piperidine rings is 1. The molecule has 120 valence electrons. The summed E-state index contributed by atoms with van der Waals surface area (Å²) < 4.78 is 5.11. The molecule has 5 heteroatoms. The summed E-state index contributed by atoms with van der Waals surface area (Å²) in [7, 11) is 1.62. The summed E-state index contributed by atoms with van der Waals surface area (Å²) in [6, 6.07) is 9.19. The van der Waals surface area contributed by atoms with Gasteiger partial charge >= 0.3 is 0 Å². The first-order valence-electron chi connectivity index (χ1n) is 7.92. The largest absolute Gasteiger partial charge is 0.497 e. The van der Waals surface area contributed by atoms with Gasteiger partial charge in [0.2, 0.25) is 0 Å². The van der Waals surface area contributed by atoms with E-state index in [0.29, 0.717) is 5.56 Å². The molecule has 0 atom stereocenters. The van der Waals surface area contributed by atoms with Gasteiger partial charge in [-0.25, -0.2) is 0 Å². The van der Waals surface area contributed by atoms with Crippen LogP contribution in [-0.4, -0.2) is 31.1 Å². The van der Waals surface area contributed by atoms with Crippen LogP contribution in [0.15, 0.2) is 42.7 Å². The molecule has 1 saturated heterocycles. The van der Waals surface area contributed by atoms with Crippen LogP contribution in [0.5, 0.6) is 5.75 Å². The highest BCUT2D eigenvalue weighted by Gasteiger charge is 2.14. The van der Waals surface area contributed by atoms with Crippen LogP contribution in [-0.2, 0) is 0 Å². The lowest BCUT2D eigenvalue weighted by molar-refractivity contribution is 0.102. The average Bonchev–Trinajstić information content (AvgIpc) is 2.63. The van der Waals surface area contributed by atoms with Crippen molar-refractivity contribution >= 4 is 17.3 Å². The number of nitrogens with zero attached hydrogens (tertiary/aromatic N) is 2. The van der Waals surface area contributed by atoms with Crippen molar-refractivity contribution in [3.8, 4) is 5.75 Å². The second-order valence-electron chi connectivity index (χ2n) is 5.66. The molecule has 1 aliphatic heterocycles. The fourth-order valence-corrected chi connectivity index (χ4v) is 2.75. The molecule has 2 heterocycles. The van der Waals surface area contributed by atoms with E-state index in [1.807, 2.05) is 36.5 Å². The Labute approximate surface area is 136 Å². The minimum Gasteiger partial charge on any atom is -0.497 e. The molecular weight excluding hydrogens is 290 g/mol. The number of carbonyl (C=O) groups is 1. The summed E-state index contributed by atoms with van der Waals surface area (Å²) in [6.45, 7) is 2.07. The number of amides is 1. The van der Waals surface area contributed by atoms with Gasteiger partial charge < -0.3 is 15.0 Å². The number of hydrogen-bond acceptors (Lipinski definition) is 4. The van der Waals surface area contributed by atoms with Crippen LogP contribution in [0.2, 0.25) is 0 Å². The van der Waals surface area contributed by atoms with E-state index in [-0.39, 0.29) is 5.91 Å². The summed E-state index contributed by atoms with van der Waals surface area (Å²) in [5.74, 6) is 0.610.